The van der Waals surface area contributed by atoms with Gasteiger partial charge in [-0.2, -0.15) is 0 Å². The van der Waals surface area contributed by atoms with Crippen molar-refractivity contribution in [2.24, 2.45) is 7.05 Å². The minimum absolute atomic E-state index is 0.122. The van der Waals surface area contributed by atoms with Crippen LogP contribution in [0.25, 0.3) is 11.3 Å². The Bertz CT molecular complexity index is 754. The van der Waals surface area contributed by atoms with Gasteiger partial charge in [-0.1, -0.05) is 30.3 Å². The third kappa shape index (κ3) is 4.47. The number of rotatable bonds is 6. The molecule has 0 saturated carbocycles. The van der Waals surface area contributed by atoms with Crippen LogP contribution >= 0.6 is 0 Å². The molecule has 2 aromatic rings. The second-order valence-electron chi connectivity index (χ2n) is 5.93. The molecule has 1 N–H and O–H groups in total. The van der Waals surface area contributed by atoms with Crippen molar-refractivity contribution in [3.05, 3.63) is 36.5 Å². The van der Waals surface area contributed by atoms with Crippen LogP contribution in [-0.2, 0) is 26.1 Å². The van der Waals surface area contributed by atoms with Gasteiger partial charge in [-0.25, -0.2) is 4.98 Å². The minimum Gasteiger partial charge on any atom is -0.378 e. The zero-order chi connectivity index (χ0) is 18.4. The molecule has 1 aliphatic heterocycles. The summed E-state index contributed by atoms with van der Waals surface area (Å²) in [6.45, 7) is 1.87. The molecule has 1 fully saturated rings. The number of aromatic nitrogens is 2. The highest BCUT2D eigenvalue weighted by atomic mass is 16.5. The van der Waals surface area contributed by atoms with E-state index >= 15 is 0 Å². The number of benzene rings is 1. The summed E-state index contributed by atoms with van der Waals surface area (Å²) in [4.78, 5) is 29.9. The van der Waals surface area contributed by atoms with Gasteiger partial charge < -0.3 is 18.9 Å². The van der Waals surface area contributed by atoms with Crippen LogP contribution in [0.3, 0.4) is 0 Å². The van der Waals surface area contributed by atoms with Gasteiger partial charge >= 0.3 is 0 Å². The van der Waals surface area contributed by atoms with Crippen molar-refractivity contribution < 1.29 is 19.1 Å². The molecule has 0 atom stereocenters. The lowest BCUT2D eigenvalue weighted by atomic mass is 10.2. The number of hydrogen-bond donors (Lipinski definition) is 1. The summed E-state index contributed by atoms with van der Waals surface area (Å²) in [5, 5.41) is 2.70. The van der Waals surface area contributed by atoms with Crippen LogP contribution < -0.4 is 5.32 Å². The maximum absolute atomic E-state index is 12.0. The molecule has 1 aromatic heterocycles. The second-order valence-corrected chi connectivity index (χ2v) is 5.93. The van der Waals surface area contributed by atoms with E-state index < -0.39 is 0 Å². The number of imidazole rings is 1. The normalized spacial score (nSPS) is 14.3. The summed E-state index contributed by atoms with van der Waals surface area (Å²) >= 11 is 0. The van der Waals surface area contributed by atoms with Crippen molar-refractivity contribution in [2.45, 2.75) is 0 Å². The summed E-state index contributed by atoms with van der Waals surface area (Å²) in [7, 11) is 1.83. The van der Waals surface area contributed by atoms with Gasteiger partial charge in [-0.3, -0.25) is 14.9 Å². The molecule has 1 aromatic carbocycles. The molecule has 1 aliphatic rings. The molecular weight excluding hydrogens is 336 g/mol. The molecule has 138 valence electrons. The van der Waals surface area contributed by atoms with E-state index in [2.05, 4.69) is 10.3 Å². The molecule has 8 nitrogen and oxygen atoms in total. The maximum atomic E-state index is 12.0. The van der Waals surface area contributed by atoms with E-state index in [0.717, 1.165) is 11.3 Å². The third-order valence-electron chi connectivity index (χ3n) is 4.13. The zero-order valence-electron chi connectivity index (χ0n) is 14.7. The highest BCUT2D eigenvalue weighted by molar-refractivity contribution is 5.90. The quantitative estimate of drug-likeness (QED) is 0.829. The van der Waals surface area contributed by atoms with Gasteiger partial charge in [0.15, 0.2) is 0 Å². The van der Waals surface area contributed by atoms with E-state index in [1.54, 1.807) is 15.7 Å². The number of anilines is 1. The third-order valence-corrected chi connectivity index (χ3v) is 4.13. The number of amides is 2. The number of morpholine rings is 1. The Hall–Kier alpha value is -2.71. The van der Waals surface area contributed by atoms with Crippen molar-refractivity contribution >= 4 is 17.8 Å². The topological polar surface area (TPSA) is 85.7 Å². The van der Waals surface area contributed by atoms with Gasteiger partial charge in [0.25, 0.3) is 5.91 Å². The highest BCUT2D eigenvalue weighted by Gasteiger charge is 2.17. The van der Waals surface area contributed by atoms with Gasteiger partial charge in [0.1, 0.15) is 13.2 Å². The lowest BCUT2D eigenvalue weighted by Crippen LogP contribution is -2.42. The summed E-state index contributed by atoms with van der Waals surface area (Å²) in [5.74, 6) is -0.0606. The van der Waals surface area contributed by atoms with E-state index in [1.807, 2.05) is 37.4 Å². The van der Waals surface area contributed by atoms with Gasteiger partial charge in [-0.05, 0) is 5.56 Å². The molecule has 2 heterocycles. The number of hydrogen-bond acceptors (Lipinski definition) is 5. The number of ether oxygens (including phenoxy) is 2. The molecule has 0 bridgehead atoms. The van der Waals surface area contributed by atoms with Crippen molar-refractivity contribution in [2.75, 3.05) is 44.8 Å². The lowest BCUT2D eigenvalue weighted by molar-refractivity contribution is -0.141. The predicted octanol–water partition coefficient (Wildman–Crippen LogP) is 0.901. The first-order valence-electron chi connectivity index (χ1n) is 8.45. The summed E-state index contributed by atoms with van der Waals surface area (Å²) in [6.07, 6.45) is 1.70. The fourth-order valence-electron chi connectivity index (χ4n) is 2.70. The minimum atomic E-state index is -0.354. The van der Waals surface area contributed by atoms with Gasteiger partial charge in [0, 0.05) is 20.1 Å². The first-order valence-corrected chi connectivity index (χ1v) is 8.45. The molecule has 8 heteroatoms. The lowest BCUT2D eigenvalue weighted by Gasteiger charge is -2.26. The Balaban J connectivity index is 1.48. The van der Waals surface area contributed by atoms with Crippen molar-refractivity contribution in [1.82, 2.24) is 14.5 Å². The Kier molecular flexibility index (Phi) is 5.98. The van der Waals surface area contributed by atoms with Crippen molar-refractivity contribution in [1.29, 1.82) is 0 Å². The Labute approximate surface area is 151 Å². The van der Waals surface area contributed by atoms with E-state index in [1.165, 1.54) is 0 Å². The SMILES string of the molecule is Cn1c(-c2ccccc2)cnc1NC(=O)COCC(=O)N1CCOCC1. The van der Waals surface area contributed by atoms with E-state index in [9.17, 15) is 9.59 Å². The molecular formula is C18H22N4O4. The largest absolute Gasteiger partial charge is 0.378 e. The zero-order valence-corrected chi connectivity index (χ0v) is 14.7. The van der Waals surface area contributed by atoms with Crippen LogP contribution in [0.5, 0.6) is 0 Å². The van der Waals surface area contributed by atoms with Crippen LogP contribution in [0.2, 0.25) is 0 Å². The predicted molar refractivity (Wildman–Crippen MR) is 95.5 cm³/mol. The second kappa shape index (κ2) is 8.59. The molecule has 0 spiro atoms. The summed E-state index contributed by atoms with van der Waals surface area (Å²) in [6, 6.07) is 9.78. The fourth-order valence-corrected chi connectivity index (χ4v) is 2.70. The highest BCUT2D eigenvalue weighted by Crippen LogP contribution is 2.21. The Morgan fingerprint density at radius 2 is 1.92 bits per heavy atom. The van der Waals surface area contributed by atoms with Crippen molar-refractivity contribution in [3.8, 4) is 11.3 Å². The van der Waals surface area contributed by atoms with Crippen LogP contribution in [0.4, 0.5) is 5.95 Å². The average molecular weight is 358 g/mol. The number of nitrogens with one attached hydrogen (secondary N) is 1. The summed E-state index contributed by atoms with van der Waals surface area (Å²) < 4.78 is 12.2. The summed E-state index contributed by atoms with van der Waals surface area (Å²) in [5.41, 5.74) is 1.90. The standard InChI is InChI=1S/C18H22N4O4/c1-21-15(14-5-3-2-4-6-14)11-19-18(21)20-16(23)12-26-13-17(24)22-7-9-25-10-8-22/h2-6,11H,7-10,12-13H2,1H3,(H,19,20,23). The van der Waals surface area contributed by atoms with E-state index in [4.69, 9.17) is 9.47 Å². The molecule has 26 heavy (non-hydrogen) atoms. The van der Waals surface area contributed by atoms with Crippen LogP contribution in [-0.4, -0.2) is 65.8 Å². The average Bonchev–Trinajstić information content (AvgIpc) is 3.03. The smallest absolute Gasteiger partial charge is 0.252 e. The van der Waals surface area contributed by atoms with Crippen LogP contribution in [0, 0.1) is 0 Å². The van der Waals surface area contributed by atoms with Crippen LogP contribution in [0.15, 0.2) is 36.5 Å². The van der Waals surface area contributed by atoms with Gasteiger partial charge in [0.2, 0.25) is 11.9 Å². The van der Waals surface area contributed by atoms with E-state index in [0.29, 0.717) is 32.3 Å². The number of carbonyl (C=O) groups excluding carboxylic acids is 2. The monoisotopic (exact) mass is 358 g/mol. The van der Waals surface area contributed by atoms with Gasteiger partial charge in [0.05, 0.1) is 25.1 Å². The maximum Gasteiger partial charge on any atom is 0.252 e. The molecule has 0 radical (unpaired) electrons. The van der Waals surface area contributed by atoms with Crippen LogP contribution in [0.1, 0.15) is 0 Å². The molecule has 3 rings (SSSR count). The number of carbonyl (C=O) groups is 2. The first-order chi connectivity index (χ1) is 12.6. The molecule has 1 saturated heterocycles. The molecule has 0 unspecified atom stereocenters. The Morgan fingerprint density at radius 1 is 1.19 bits per heavy atom. The van der Waals surface area contributed by atoms with E-state index in [-0.39, 0.29) is 25.0 Å². The first kappa shape index (κ1) is 18.1. The Morgan fingerprint density at radius 3 is 2.65 bits per heavy atom. The van der Waals surface area contributed by atoms with Gasteiger partial charge in [-0.15, -0.1) is 0 Å². The number of nitrogens with zero attached hydrogens (tertiary/aromatic N) is 3. The molecule has 2 amide bonds. The fraction of sp³-hybridized carbons (Fsp3) is 0.389. The van der Waals surface area contributed by atoms with Crippen molar-refractivity contribution in [3.63, 3.8) is 0 Å². The molecule has 0 aliphatic carbocycles.